The molecule has 0 radical (unpaired) electrons. The molecule has 0 saturated carbocycles. The van der Waals surface area contributed by atoms with Crippen molar-refractivity contribution in [3.05, 3.63) is 154 Å². The summed E-state index contributed by atoms with van der Waals surface area (Å²) in [6.07, 6.45) is 2.92. The number of thiazole rings is 1. The maximum atomic E-state index is 14.3. The molecule has 306 valence electrons. The van der Waals surface area contributed by atoms with Crippen LogP contribution in [0.5, 0.6) is 0 Å². The van der Waals surface area contributed by atoms with Crippen molar-refractivity contribution in [3.63, 3.8) is 0 Å². The second-order valence-corrected chi connectivity index (χ2v) is 16.3. The van der Waals surface area contributed by atoms with Crippen molar-refractivity contribution in [2.45, 2.75) is 29.5 Å². The van der Waals surface area contributed by atoms with Gasteiger partial charge in [-0.15, -0.1) is 23.1 Å². The molecule has 2 atom stereocenters. The second-order valence-electron chi connectivity index (χ2n) is 14.3. The average Bonchev–Trinajstić information content (AvgIpc) is 3.84. The van der Waals surface area contributed by atoms with Crippen molar-refractivity contribution in [1.29, 1.82) is 0 Å². The average molecular weight is 846 g/mol. The number of aromatic nitrogens is 1. The maximum absolute atomic E-state index is 14.3. The molecule has 1 aromatic heterocycles. The molecule has 4 N–H and O–H groups in total. The summed E-state index contributed by atoms with van der Waals surface area (Å²) in [7, 11) is 0. The van der Waals surface area contributed by atoms with Crippen molar-refractivity contribution in [3.8, 4) is 0 Å². The Morgan fingerprint density at radius 2 is 1.60 bits per heavy atom. The summed E-state index contributed by atoms with van der Waals surface area (Å²) in [5, 5.41) is 18.6. The number of carboxylic acid groups (broad SMARTS) is 1. The molecule has 60 heavy (non-hydrogen) atoms. The number of thioether (sulfide) groups is 1. The van der Waals surface area contributed by atoms with E-state index in [1.165, 1.54) is 22.7 Å². The van der Waals surface area contributed by atoms with Crippen LogP contribution in [0.1, 0.15) is 28.8 Å². The SMILES string of the molecule is C=CCOC(=O)N1CC(N2CCC(=CC3=C(C(=O)O)N4C(=O)[C@@H](NC(=O)C(=NOC(c5ccccc5)(c5ccccc5)c5ccccc5)c5csc(N)n5)[C@H]4SC3)C2=O)C1. The van der Waals surface area contributed by atoms with Gasteiger partial charge in [-0.2, -0.15) is 0 Å². The molecule has 3 fully saturated rings. The Labute approximate surface area is 352 Å². The number of carboxylic acids is 1. The lowest BCUT2D eigenvalue weighted by atomic mass is 9.80. The lowest BCUT2D eigenvalue weighted by Crippen LogP contribution is -2.71. The summed E-state index contributed by atoms with van der Waals surface area (Å²) < 4.78 is 5.07. The van der Waals surface area contributed by atoms with E-state index < -0.39 is 40.9 Å². The number of carbonyl (C=O) groups is 5. The zero-order chi connectivity index (χ0) is 42.0. The maximum Gasteiger partial charge on any atom is 0.410 e. The number of nitrogens with two attached hydrogens (primary N) is 1. The summed E-state index contributed by atoms with van der Waals surface area (Å²) in [5.41, 5.74) is 7.22. The van der Waals surface area contributed by atoms with Crippen LogP contribution in [0.25, 0.3) is 0 Å². The van der Waals surface area contributed by atoms with Crippen molar-refractivity contribution < 1.29 is 38.7 Å². The second kappa shape index (κ2) is 16.9. The van der Waals surface area contributed by atoms with Crippen LogP contribution < -0.4 is 11.1 Å². The molecular formula is C43H39N7O8S2. The van der Waals surface area contributed by atoms with E-state index >= 15 is 0 Å². The highest BCUT2D eigenvalue weighted by atomic mass is 32.2. The van der Waals surface area contributed by atoms with E-state index in [0.29, 0.717) is 37.2 Å². The Morgan fingerprint density at radius 3 is 2.15 bits per heavy atom. The van der Waals surface area contributed by atoms with E-state index in [1.54, 1.807) is 16.4 Å². The lowest BCUT2D eigenvalue weighted by Gasteiger charge is -2.49. The van der Waals surface area contributed by atoms with Gasteiger partial charge in [-0.1, -0.05) is 109 Å². The number of nitrogens with one attached hydrogen (secondary N) is 1. The Bertz CT molecular complexity index is 2340. The number of amides is 4. The minimum atomic E-state index is -1.34. The summed E-state index contributed by atoms with van der Waals surface area (Å²) in [6.45, 7) is 4.69. The number of nitrogen functional groups attached to an aromatic ring is 1. The number of benzene rings is 3. The fourth-order valence-corrected chi connectivity index (χ4v) is 9.56. The summed E-state index contributed by atoms with van der Waals surface area (Å²) in [6, 6.07) is 27.1. The molecule has 3 aromatic carbocycles. The normalized spacial score (nSPS) is 20.0. The number of allylic oxidation sites excluding steroid dienone is 1. The molecule has 4 aliphatic heterocycles. The Kier molecular flexibility index (Phi) is 11.3. The first kappa shape index (κ1) is 40.1. The number of anilines is 1. The van der Waals surface area contributed by atoms with Gasteiger partial charge in [0.2, 0.25) is 11.5 Å². The number of rotatable bonds is 13. The van der Waals surface area contributed by atoms with Gasteiger partial charge in [-0.25, -0.2) is 14.6 Å². The fourth-order valence-electron chi connectivity index (χ4n) is 7.70. The molecule has 4 aliphatic rings. The molecule has 4 amide bonds. The summed E-state index contributed by atoms with van der Waals surface area (Å²) in [4.78, 5) is 81.7. The molecule has 15 nitrogen and oxygen atoms in total. The van der Waals surface area contributed by atoms with Crippen molar-refractivity contribution in [1.82, 2.24) is 25.0 Å². The van der Waals surface area contributed by atoms with Crippen LogP contribution >= 0.6 is 23.1 Å². The monoisotopic (exact) mass is 845 g/mol. The van der Waals surface area contributed by atoms with Crippen LogP contribution in [0.15, 0.2) is 137 Å². The van der Waals surface area contributed by atoms with Crippen molar-refractivity contribution in [2.75, 3.05) is 37.7 Å². The van der Waals surface area contributed by atoms with Crippen molar-refractivity contribution in [2.24, 2.45) is 5.16 Å². The Morgan fingerprint density at radius 1 is 0.983 bits per heavy atom. The van der Waals surface area contributed by atoms with Gasteiger partial charge in [0.05, 0.1) is 6.04 Å². The number of hydrogen-bond donors (Lipinski definition) is 3. The molecule has 0 bridgehead atoms. The highest BCUT2D eigenvalue weighted by Gasteiger charge is 2.54. The van der Waals surface area contributed by atoms with Crippen LogP contribution in [-0.2, 0) is 34.4 Å². The number of β-lactam (4-membered cyclic amide) rings is 1. The number of aliphatic carboxylic acids is 1. The number of carbonyl (C=O) groups excluding carboxylic acids is 4. The van der Waals surface area contributed by atoms with E-state index in [-0.39, 0.29) is 46.5 Å². The summed E-state index contributed by atoms with van der Waals surface area (Å²) >= 11 is 2.36. The van der Waals surface area contributed by atoms with Crippen LogP contribution in [-0.4, -0.2) is 110 Å². The zero-order valence-electron chi connectivity index (χ0n) is 32.0. The quantitative estimate of drug-likeness (QED) is 0.0433. The minimum Gasteiger partial charge on any atom is -0.477 e. The topological polar surface area (TPSA) is 197 Å². The molecule has 5 heterocycles. The van der Waals surface area contributed by atoms with E-state index in [4.69, 9.17) is 15.3 Å². The third-order valence-corrected chi connectivity index (χ3v) is 12.6. The van der Waals surface area contributed by atoms with Gasteiger partial charge in [0.25, 0.3) is 11.8 Å². The largest absolute Gasteiger partial charge is 0.477 e. The van der Waals surface area contributed by atoms with Gasteiger partial charge < -0.3 is 35.5 Å². The standard InChI is InChI=1S/C43H39N7O8S2/c1-2-20-57-42(56)48-22-31(23-48)49-19-18-26(37(49)52)21-27-24-59-39-34(38(53)50(39)35(27)40(54)55)46-36(51)33(32-25-60-41(44)45-32)47-58-43(28-12-6-3-7-13-28,29-14-8-4-9-15-29)30-16-10-5-11-17-30/h2-17,21,25,31,34,39H,1,18-20,22-24H2,(H2,44,45)(H,46,51)(H,54,55)/t34-,39-/m1/s1. The highest BCUT2D eigenvalue weighted by Crippen LogP contribution is 2.43. The van der Waals surface area contributed by atoms with E-state index in [2.05, 4.69) is 22.0 Å². The molecular weight excluding hydrogens is 807 g/mol. The fraction of sp³-hybridized carbons (Fsp3) is 0.233. The molecule has 0 aliphatic carbocycles. The Hall–Kier alpha value is -6.72. The Balaban J connectivity index is 1.04. The first-order chi connectivity index (χ1) is 29.1. The van der Waals surface area contributed by atoms with Crippen molar-refractivity contribution >= 4 is 63.7 Å². The van der Waals surface area contributed by atoms with Gasteiger partial charge >= 0.3 is 12.1 Å². The third-order valence-electron chi connectivity index (χ3n) is 10.7. The smallest absolute Gasteiger partial charge is 0.410 e. The molecule has 17 heteroatoms. The van der Waals surface area contributed by atoms with Crippen LogP contribution in [0, 0.1) is 0 Å². The van der Waals surface area contributed by atoms with E-state index in [1.807, 2.05) is 91.0 Å². The number of likely N-dealkylation sites (tertiary alicyclic amines) is 2. The number of ether oxygens (including phenoxy) is 1. The van der Waals surface area contributed by atoms with Gasteiger partial charge in [0.1, 0.15) is 29.4 Å². The van der Waals surface area contributed by atoms with Gasteiger partial charge in [-0.05, 0) is 18.1 Å². The van der Waals surface area contributed by atoms with E-state index in [0.717, 1.165) is 32.9 Å². The van der Waals surface area contributed by atoms with Gasteiger partial charge in [0, 0.05) is 53.0 Å². The van der Waals surface area contributed by atoms with Crippen LogP contribution in [0.3, 0.4) is 0 Å². The lowest BCUT2D eigenvalue weighted by molar-refractivity contribution is -0.150. The molecule has 0 spiro atoms. The predicted molar refractivity (Wildman–Crippen MR) is 224 cm³/mol. The number of hydrogen-bond acceptors (Lipinski definition) is 12. The highest BCUT2D eigenvalue weighted by molar-refractivity contribution is 8.00. The van der Waals surface area contributed by atoms with Crippen LogP contribution in [0.4, 0.5) is 9.93 Å². The number of nitrogens with zero attached hydrogens (tertiary/aromatic N) is 5. The molecule has 4 aromatic rings. The minimum absolute atomic E-state index is 0.0919. The number of oxime groups is 1. The molecule has 8 rings (SSSR count). The predicted octanol–water partition coefficient (Wildman–Crippen LogP) is 4.34. The number of fused-ring (bicyclic) bond motifs is 1. The zero-order valence-corrected chi connectivity index (χ0v) is 33.6. The summed E-state index contributed by atoms with van der Waals surface area (Å²) in [5.74, 6) is -2.86. The molecule has 3 saturated heterocycles. The van der Waals surface area contributed by atoms with Crippen LogP contribution in [0.2, 0.25) is 0 Å². The van der Waals surface area contributed by atoms with E-state index in [9.17, 15) is 29.1 Å². The van der Waals surface area contributed by atoms with Gasteiger partial charge in [-0.3, -0.25) is 19.3 Å². The molecule has 0 unspecified atom stereocenters. The van der Waals surface area contributed by atoms with Gasteiger partial charge in [0.15, 0.2) is 10.8 Å². The first-order valence-electron chi connectivity index (χ1n) is 19.0. The third kappa shape index (κ3) is 7.41. The first-order valence-corrected chi connectivity index (χ1v) is 20.9.